The van der Waals surface area contributed by atoms with Gasteiger partial charge in [0.25, 0.3) is 5.69 Å². The van der Waals surface area contributed by atoms with E-state index in [1.54, 1.807) is 12.1 Å². The summed E-state index contributed by atoms with van der Waals surface area (Å²) in [5.41, 5.74) is 0.493. The predicted octanol–water partition coefficient (Wildman–Crippen LogP) is 1.96. The van der Waals surface area contributed by atoms with Crippen LogP contribution in [0.1, 0.15) is 18.4 Å². The third kappa shape index (κ3) is 3.68. The lowest BCUT2D eigenvalue weighted by atomic mass is 10.2. The van der Waals surface area contributed by atoms with Gasteiger partial charge in [-0.3, -0.25) is 14.9 Å². The molecule has 0 radical (unpaired) electrons. The summed E-state index contributed by atoms with van der Waals surface area (Å²) >= 11 is 5.75. The van der Waals surface area contributed by atoms with Crippen molar-refractivity contribution in [3.8, 4) is 0 Å². The molecule has 1 amide bonds. The number of hydrogen-bond donors (Lipinski definition) is 1. The summed E-state index contributed by atoms with van der Waals surface area (Å²) in [6, 6.07) is 4.53. The van der Waals surface area contributed by atoms with Gasteiger partial charge in [-0.1, -0.05) is 11.6 Å². The monoisotopic (exact) mass is 297 g/mol. The van der Waals surface area contributed by atoms with E-state index in [1.165, 1.54) is 6.07 Å². The van der Waals surface area contributed by atoms with Crippen molar-refractivity contribution >= 4 is 23.2 Å². The summed E-state index contributed by atoms with van der Waals surface area (Å²) in [4.78, 5) is 24.1. The zero-order valence-electron chi connectivity index (χ0n) is 11.0. The van der Waals surface area contributed by atoms with Gasteiger partial charge in [-0.2, -0.15) is 0 Å². The van der Waals surface area contributed by atoms with Gasteiger partial charge in [0.05, 0.1) is 11.5 Å². The Morgan fingerprint density at radius 2 is 2.10 bits per heavy atom. The van der Waals surface area contributed by atoms with Crippen molar-refractivity contribution in [3.63, 3.8) is 0 Å². The van der Waals surface area contributed by atoms with E-state index < -0.39 is 4.92 Å². The largest absolute Gasteiger partial charge is 0.342 e. The molecule has 1 heterocycles. The van der Waals surface area contributed by atoms with Crippen LogP contribution in [0, 0.1) is 10.1 Å². The molecule has 0 aromatic heterocycles. The van der Waals surface area contributed by atoms with Crippen LogP contribution in [-0.2, 0) is 11.3 Å². The maximum Gasteiger partial charge on any atom is 0.275 e. The molecular formula is C13H16ClN3O3. The number of likely N-dealkylation sites (tertiary alicyclic amines) is 1. The highest BCUT2D eigenvalue weighted by Gasteiger charge is 2.18. The highest BCUT2D eigenvalue weighted by atomic mass is 35.5. The van der Waals surface area contributed by atoms with Gasteiger partial charge in [-0.25, -0.2) is 0 Å². The van der Waals surface area contributed by atoms with E-state index in [-0.39, 0.29) is 24.7 Å². The van der Waals surface area contributed by atoms with E-state index in [0.29, 0.717) is 10.6 Å². The van der Waals surface area contributed by atoms with Crippen molar-refractivity contribution < 1.29 is 9.72 Å². The summed E-state index contributed by atoms with van der Waals surface area (Å²) in [6.45, 7) is 2.08. The molecule has 0 aliphatic carbocycles. The summed E-state index contributed by atoms with van der Waals surface area (Å²) in [5.74, 6) is 0.0408. The second-order valence-corrected chi connectivity index (χ2v) is 5.16. The average molecular weight is 298 g/mol. The number of nitrogens with zero attached hydrogens (tertiary/aromatic N) is 2. The van der Waals surface area contributed by atoms with Crippen LogP contribution < -0.4 is 5.32 Å². The Morgan fingerprint density at radius 1 is 1.40 bits per heavy atom. The minimum absolute atomic E-state index is 0.0291. The first kappa shape index (κ1) is 14.7. The number of benzene rings is 1. The number of nitro groups is 1. The highest BCUT2D eigenvalue weighted by Crippen LogP contribution is 2.22. The second-order valence-electron chi connectivity index (χ2n) is 4.72. The number of halogens is 1. The SMILES string of the molecule is O=C(CNCc1ccc(Cl)cc1[N+](=O)[O-])N1CCCC1. The molecule has 0 saturated carbocycles. The van der Waals surface area contributed by atoms with Crippen molar-refractivity contribution in [2.75, 3.05) is 19.6 Å². The molecular weight excluding hydrogens is 282 g/mol. The molecule has 1 aromatic rings. The molecule has 0 atom stereocenters. The van der Waals surface area contributed by atoms with Gasteiger partial charge >= 0.3 is 0 Å². The van der Waals surface area contributed by atoms with Crippen molar-refractivity contribution in [3.05, 3.63) is 38.9 Å². The minimum Gasteiger partial charge on any atom is -0.342 e. The quantitative estimate of drug-likeness (QED) is 0.666. The molecule has 6 nitrogen and oxygen atoms in total. The van der Waals surface area contributed by atoms with Gasteiger partial charge in [0.1, 0.15) is 0 Å². The fourth-order valence-corrected chi connectivity index (χ4v) is 2.41. The van der Waals surface area contributed by atoms with Crippen LogP contribution in [0.15, 0.2) is 18.2 Å². The minimum atomic E-state index is -0.467. The predicted molar refractivity (Wildman–Crippen MR) is 75.6 cm³/mol. The number of amides is 1. The van der Waals surface area contributed by atoms with E-state index in [2.05, 4.69) is 5.32 Å². The molecule has 20 heavy (non-hydrogen) atoms. The zero-order valence-corrected chi connectivity index (χ0v) is 11.7. The number of carbonyl (C=O) groups excluding carboxylic acids is 1. The Kier molecular flexibility index (Phi) is 4.92. The molecule has 1 fully saturated rings. The lowest BCUT2D eigenvalue weighted by Crippen LogP contribution is -2.36. The Hall–Kier alpha value is -1.66. The third-order valence-corrected chi connectivity index (χ3v) is 3.53. The Balaban J connectivity index is 1.90. The van der Waals surface area contributed by atoms with Crippen molar-refractivity contribution in [1.29, 1.82) is 0 Å². The summed E-state index contributed by atoms with van der Waals surface area (Å²) in [5, 5.41) is 14.2. The van der Waals surface area contributed by atoms with E-state index in [4.69, 9.17) is 11.6 Å². The molecule has 0 unspecified atom stereocenters. The highest BCUT2D eigenvalue weighted by molar-refractivity contribution is 6.30. The van der Waals surface area contributed by atoms with Crippen molar-refractivity contribution in [1.82, 2.24) is 10.2 Å². The summed E-state index contributed by atoms with van der Waals surface area (Å²) in [7, 11) is 0. The molecule has 1 aromatic carbocycles. The molecule has 1 aliphatic heterocycles. The van der Waals surface area contributed by atoms with Crippen LogP contribution in [0.5, 0.6) is 0 Å². The third-order valence-electron chi connectivity index (χ3n) is 3.29. The fraction of sp³-hybridized carbons (Fsp3) is 0.462. The van der Waals surface area contributed by atoms with Crippen LogP contribution in [0.2, 0.25) is 5.02 Å². The van der Waals surface area contributed by atoms with E-state index in [9.17, 15) is 14.9 Å². The van der Waals surface area contributed by atoms with Gasteiger partial charge < -0.3 is 10.2 Å². The first-order valence-corrected chi connectivity index (χ1v) is 6.87. The normalized spacial score (nSPS) is 14.6. The lowest BCUT2D eigenvalue weighted by Gasteiger charge is -2.15. The van der Waals surface area contributed by atoms with Gasteiger partial charge in [0.2, 0.25) is 5.91 Å². The number of nitrogens with one attached hydrogen (secondary N) is 1. The average Bonchev–Trinajstić information content (AvgIpc) is 2.94. The van der Waals surface area contributed by atoms with Crippen molar-refractivity contribution in [2.24, 2.45) is 0 Å². The summed E-state index contributed by atoms with van der Waals surface area (Å²) < 4.78 is 0. The second kappa shape index (κ2) is 6.67. The number of hydrogen-bond acceptors (Lipinski definition) is 4. The molecule has 1 saturated heterocycles. The van der Waals surface area contributed by atoms with E-state index in [1.807, 2.05) is 4.90 Å². The molecule has 108 valence electrons. The number of carbonyl (C=O) groups is 1. The van der Waals surface area contributed by atoms with Crippen LogP contribution in [0.4, 0.5) is 5.69 Å². The molecule has 1 aliphatic rings. The Labute approximate surface area is 121 Å². The first-order valence-electron chi connectivity index (χ1n) is 6.49. The standard InChI is InChI=1S/C13H16ClN3O3/c14-11-4-3-10(12(7-11)17(19)20)8-15-9-13(18)16-5-1-2-6-16/h3-4,7,15H,1-2,5-6,8-9H2. The van der Waals surface area contributed by atoms with E-state index >= 15 is 0 Å². The zero-order chi connectivity index (χ0) is 14.5. The Bertz CT molecular complexity index is 516. The van der Waals surface area contributed by atoms with Gasteiger partial charge in [-0.15, -0.1) is 0 Å². The van der Waals surface area contributed by atoms with Crippen LogP contribution >= 0.6 is 11.6 Å². The number of nitro benzene ring substituents is 1. The molecule has 0 spiro atoms. The maximum absolute atomic E-state index is 11.8. The topological polar surface area (TPSA) is 75.5 Å². The van der Waals surface area contributed by atoms with Crippen molar-refractivity contribution in [2.45, 2.75) is 19.4 Å². The van der Waals surface area contributed by atoms with Crippen LogP contribution in [0.25, 0.3) is 0 Å². The van der Waals surface area contributed by atoms with Gasteiger partial charge in [0, 0.05) is 36.3 Å². The first-order chi connectivity index (χ1) is 9.58. The van der Waals surface area contributed by atoms with Gasteiger partial charge in [-0.05, 0) is 25.0 Å². The number of rotatable bonds is 5. The van der Waals surface area contributed by atoms with E-state index in [0.717, 1.165) is 25.9 Å². The smallest absolute Gasteiger partial charge is 0.275 e. The Morgan fingerprint density at radius 3 is 2.75 bits per heavy atom. The molecule has 0 bridgehead atoms. The molecule has 7 heteroatoms. The van der Waals surface area contributed by atoms with Gasteiger partial charge in [0.15, 0.2) is 0 Å². The molecule has 2 rings (SSSR count). The fourth-order valence-electron chi connectivity index (χ4n) is 2.24. The lowest BCUT2D eigenvalue weighted by molar-refractivity contribution is -0.385. The molecule has 1 N–H and O–H groups in total. The summed E-state index contributed by atoms with van der Waals surface area (Å²) in [6.07, 6.45) is 2.10. The maximum atomic E-state index is 11.8. The van der Waals surface area contributed by atoms with Crippen LogP contribution in [-0.4, -0.2) is 35.4 Å². The van der Waals surface area contributed by atoms with Crippen LogP contribution in [0.3, 0.4) is 0 Å².